The molecule has 92 valence electrons. The standard InChI is InChI=1S/C12H11ClN4S/c1-6-9(12(14-2)18-17-6)11-15-8-5-3-4-7(13)10(8)16-11/h3-5,14H,1-2H3,(H,15,16). The number of aryl methyl sites for hydroxylation is 1. The molecule has 3 rings (SSSR count). The zero-order valence-electron chi connectivity index (χ0n) is 9.91. The van der Waals surface area contributed by atoms with Gasteiger partial charge in [0.2, 0.25) is 0 Å². The highest BCUT2D eigenvalue weighted by Gasteiger charge is 2.16. The lowest BCUT2D eigenvalue weighted by atomic mass is 10.2. The second-order valence-corrected chi connectivity index (χ2v) is 5.12. The molecule has 0 bridgehead atoms. The molecule has 2 heterocycles. The molecule has 0 spiro atoms. The van der Waals surface area contributed by atoms with Gasteiger partial charge in [-0.25, -0.2) is 4.98 Å². The number of para-hydroxylation sites is 1. The maximum Gasteiger partial charge on any atom is 0.143 e. The molecule has 0 aliphatic rings. The lowest BCUT2D eigenvalue weighted by Crippen LogP contribution is -1.89. The first-order chi connectivity index (χ1) is 8.70. The molecule has 1 aromatic carbocycles. The third kappa shape index (κ3) is 1.67. The third-order valence-electron chi connectivity index (χ3n) is 2.79. The normalized spacial score (nSPS) is 11.1. The number of aromatic nitrogens is 3. The Morgan fingerprint density at radius 3 is 2.94 bits per heavy atom. The molecule has 0 saturated carbocycles. The molecule has 18 heavy (non-hydrogen) atoms. The van der Waals surface area contributed by atoms with Crippen LogP contribution in [0, 0.1) is 6.92 Å². The van der Waals surface area contributed by atoms with Gasteiger partial charge in [0, 0.05) is 7.05 Å². The molecule has 0 fully saturated rings. The smallest absolute Gasteiger partial charge is 0.143 e. The van der Waals surface area contributed by atoms with E-state index >= 15 is 0 Å². The van der Waals surface area contributed by atoms with E-state index < -0.39 is 0 Å². The van der Waals surface area contributed by atoms with Crippen molar-refractivity contribution in [3.63, 3.8) is 0 Å². The second-order valence-electron chi connectivity index (χ2n) is 3.94. The molecule has 0 amide bonds. The van der Waals surface area contributed by atoms with E-state index in [2.05, 4.69) is 19.7 Å². The number of imidazole rings is 1. The van der Waals surface area contributed by atoms with Crippen LogP contribution in [0.15, 0.2) is 18.2 Å². The number of halogens is 1. The van der Waals surface area contributed by atoms with E-state index in [-0.39, 0.29) is 0 Å². The summed E-state index contributed by atoms with van der Waals surface area (Å²) in [5.74, 6) is 0.800. The van der Waals surface area contributed by atoms with E-state index in [1.807, 2.05) is 32.2 Å². The molecule has 0 radical (unpaired) electrons. The Morgan fingerprint density at radius 1 is 1.39 bits per heavy atom. The Hall–Kier alpha value is -1.59. The van der Waals surface area contributed by atoms with Gasteiger partial charge in [-0.1, -0.05) is 17.7 Å². The highest BCUT2D eigenvalue weighted by Crippen LogP contribution is 2.34. The Bertz CT molecular complexity index is 716. The number of rotatable bonds is 2. The summed E-state index contributed by atoms with van der Waals surface area (Å²) >= 11 is 7.57. The van der Waals surface area contributed by atoms with Gasteiger partial charge in [0.25, 0.3) is 0 Å². The number of nitrogens with one attached hydrogen (secondary N) is 2. The number of benzene rings is 1. The monoisotopic (exact) mass is 278 g/mol. The molecule has 2 aromatic heterocycles. The topological polar surface area (TPSA) is 53.6 Å². The van der Waals surface area contributed by atoms with Crippen LogP contribution in [0.5, 0.6) is 0 Å². The average molecular weight is 279 g/mol. The second kappa shape index (κ2) is 4.26. The van der Waals surface area contributed by atoms with Gasteiger partial charge in [-0.3, -0.25) is 0 Å². The predicted octanol–water partition coefficient (Wildman–Crippen LogP) is 3.69. The summed E-state index contributed by atoms with van der Waals surface area (Å²) in [6, 6.07) is 5.71. The van der Waals surface area contributed by atoms with Crippen molar-refractivity contribution in [3.05, 3.63) is 28.9 Å². The van der Waals surface area contributed by atoms with Gasteiger partial charge in [-0.15, -0.1) is 0 Å². The Balaban J connectivity index is 2.26. The average Bonchev–Trinajstić information content (AvgIpc) is 2.92. The maximum absolute atomic E-state index is 6.13. The zero-order valence-corrected chi connectivity index (χ0v) is 11.5. The van der Waals surface area contributed by atoms with Crippen LogP contribution < -0.4 is 5.32 Å². The van der Waals surface area contributed by atoms with Gasteiger partial charge in [0.05, 0.1) is 21.8 Å². The van der Waals surface area contributed by atoms with Gasteiger partial charge in [-0.05, 0) is 30.6 Å². The largest absolute Gasteiger partial charge is 0.378 e. The number of aromatic amines is 1. The number of nitrogens with zero attached hydrogens (tertiary/aromatic N) is 2. The first kappa shape index (κ1) is 11.5. The Morgan fingerprint density at radius 2 is 2.22 bits per heavy atom. The highest BCUT2D eigenvalue weighted by molar-refractivity contribution is 7.10. The van der Waals surface area contributed by atoms with E-state index in [0.717, 1.165) is 33.1 Å². The van der Waals surface area contributed by atoms with Crippen molar-refractivity contribution >= 4 is 39.2 Å². The van der Waals surface area contributed by atoms with Gasteiger partial charge >= 0.3 is 0 Å². The van der Waals surface area contributed by atoms with Crippen LogP contribution in [0.25, 0.3) is 22.4 Å². The molecule has 2 N–H and O–H groups in total. The minimum atomic E-state index is 0.654. The molecular weight excluding hydrogens is 268 g/mol. The van der Waals surface area contributed by atoms with E-state index in [1.165, 1.54) is 11.5 Å². The molecule has 6 heteroatoms. The lowest BCUT2D eigenvalue weighted by Gasteiger charge is -1.98. The van der Waals surface area contributed by atoms with Crippen LogP contribution in [-0.4, -0.2) is 21.4 Å². The van der Waals surface area contributed by atoms with Crippen LogP contribution >= 0.6 is 23.1 Å². The molecule has 0 atom stereocenters. The zero-order chi connectivity index (χ0) is 12.7. The van der Waals surface area contributed by atoms with Gasteiger partial charge in [0.1, 0.15) is 16.3 Å². The molecule has 0 aliphatic carbocycles. The summed E-state index contributed by atoms with van der Waals surface area (Å²) in [6.45, 7) is 1.97. The molecule has 0 saturated heterocycles. The predicted molar refractivity (Wildman–Crippen MR) is 76.5 cm³/mol. The van der Waals surface area contributed by atoms with E-state index in [4.69, 9.17) is 11.6 Å². The molecule has 0 unspecified atom stereocenters. The van der Waals surface area contributed by atoms with Crippen LogP contribution in [-0.2, 0) is 0 Å². The van der Waals surface area contributed by atoms with Crippen molar-refractivity contribution in [2.75, 3.05) is 12.4 Å². The summed E-state index contributed by atoms with van der Waals surface area (Å²) in [5.41, 5.74) is 3.70. The summed E-state index contributed by atoms with van der Waals surface area (Å²) < 4.78 is 4.34. The van der Waals surface area contributed by atoms with Gasteiger partial charge in [-0.2, -0.15) is 4.37 Å². The van der Waals surface area contributed by atoms with Crippen molar-refractivity contribution in [2.45, 2.75) is 6.92 Å². The minimum absolute atomic E-state index is 0.654. The fraction of sp³-hybridized carbons (Fsp3) is 0.167. The van der Waals surface area contributed by atoms with Crippen molar-refractivity contribution in [1.82, 2.24) is 14.3 Å². The van der Waals surface area contributed by atoms with E-state index in [0.29, 0.717) is 5.02 Å². The number of fused-ring (bicyclic) bond motifs is 1. The fourth-order valence-electron chi connectivity index (χ4n) is 1.93. The lowest BCUT2D eigenvalue weighted by molar-refractivity contribution is 1.28. The Labute approximate surface area is 113 Å². The number of anilines is 1. The van der Waals surface area contributed by atoms with Gasteiger partial charge in [0.15, 0.2) is 0 Å². The summed E-state index contributed by atoms with van der Waals surface area (Å²) in [5, 5.41) is 4.79. The maximum atomic E-state index is 6.13. The van der Waals surface area contributed by atoms with Crippen molar-refractivity contribution in [1.29, 1.82) is 0 Å². The quantitative estimate of drug-likeness (QED) is 0.752. The van der Waals surface area contributed by atoms with Crippen molar-refractivity contribution in [3.8, 4) is 11.4 Å². The van der Waals surface area contributed by atoms with E-state index in [9.17, 15) is 0 Å². The summed E-state index contributed by atoms with van der Waals surface area (Å²) in [6.07, 6.45) is 0. The molecular formula is C12H11ClN4S. The minimum Gasteiger partial charge on any atom is -0.378 e. The SMILES string of the molecule is CNc1snc(C)c1-c1nc2c(Cl)cccc2[nH]1. The van der Waals surface area contributed by atoms with Crippen LogP contribution in [0.4, 0.5) is 5.00 Å². The van der Waals surface area contributed by atoms with Crippen molar-refractivity contribution < 1.29 is 0 Å². The fourth-order valence-corrected chi connectivity index (χ4v) is 2.90. The third-order valence-corrected chi connectivity index (χ3v) is 4.05. The van der Waals surface area contributed by atoms with Crippen LogP contribution in [0.1, 0.15) is 5.69 Å². The molecule has 0 aliphatic heterocycles. The molecule has 3 aromatic rings. The van der Waals surface area contributed by atoms with Gasteiger partial charge < -0.3 is 10.3 Å². The van der Waals surface area contributed by atoms with E-state index in [1.54, 1.807) is 0 Å². The number of hydrogen-bond acceptors (Lipinski definition) is 4. The van der Waals surface area contributed by atoms with Crippen LogP contribution in [0.2, 0.25) is 5.02 Å². The molecule has 4 nitrogen and oxygen atoms in total. The highest BCUT2D eigenvalue weighted by atomic mass is 35.5. The van der Waals surface area contributed by atoms with Crippen LogP contribution in [0.3, 0.4) is 0 Å². The summed E-state index contributed by atoms with van der Waals surface area (Å²) in [7, 11) is 1.88. The van der Waals surface area contributed by atoms with Crippen molar-refractivity contribution in [2.24, 2.45) is 0 Å². The first-order valence-corrected chi connectivity index (χ1v) is 6.64. The summed E-state index contributed by atoms with van der Waals surface area (Å²) in [4.78, 5) is 7.85. The number of H-pyrrole nitrogens is 1. The first-order valence-electron chi connectivity index (χ1n) is 5.49. The Kier molecular flexibility index (Phi) is 2.72. The number of hydrogen-bond donors (Lipinski definition) is 2.